The SMILES string of the molecule is CC(C)(C)N(CC(=O)O)Cc1ccsc1. The Kier molecular flexibility index (Phi) is 3.88. The zero-order valence-electron chi connectivity index (χ0n) is 9.36. The van der Waals surface area contributed by atoms with E-state index in [0.29, 0.717) is 6.54 Å². The van der Waals surface area contributed by atoms with Crippen molar-refractivity contribution >= 4 is 17.3 Å². The number of rotatable bonds is 4. The summed E-state index contributed by atoms with van der Waals surface area (Å²) in [5.74, 6) is -0.778. The van der Waals surface area contributed by atoms with Crippen molar-refractivity contribution in [3.63, 3.8) is 0 Å². The number of hydrogen-bond acceptors (Lipinski definition) is 3. The highest BCUT2D eigenvalue weighted by atomic mass is 32.1. The van der Waals surface area contributed by atoms with Gasteiger partial charge in [0, 0.05) is 12.1 Å². The monoisotopic (exact) mass is 227 g/mol. The third-order valence-corrected chi connectivity index (χ3v) is 2.96. The number of carboxylic acids is 1. The van der Waals surface area contributed by atoms with Crippen molar-refractivity contribution in [3.8, 4) is 0 Å². The molecule has 0 aliphatic heterocycles. The predicted octanol–water partition coefficient (Wildman–Crippen LogP) is 2.43. The number of aliphatic carboxylic acids is 1. The van der Waals surface area contributed by atoms with E-state index in [1.807, 2.05) is 37.1 Å². The third kappa shape index (κ3) is 4.01. The Morgan fingerprint density at radius 2 is 2.20 bits per heavy atom. The van der Waals surface area contributed by atoms with E-state index in [-0.39, 0.29) is 12.1 Å². The van der Waals surface area contributed by atoms with Gasteiger partial charge in [0.2, 0.25) is 0 Å². The molecule has 0 amide bonds. The Morgan fingerprint density at radius 3 is 2.60 bits per heavy atom. The van der Waals surface area contributed by atoms with Gasteiger partial charge in [0.15, 0.2) is 0 Å². The first kappa shape index (κ1) is 12.2. The second-order valence-electron chi connectivity index (χ2n) is 4.55. The van der Waals surface area contributed by atoms with E-state index >= 15 is 0 Å². The van der Waals surface area contributed by atoms with Crippen LogP contribution in [-0.2, 0) is 11.3 Å². The highest BCUT2D eigenvalue weighted by Crippen LogP contribution is 2.18. The van der Waals surface area contributed by atoms with Gasteiger partial charge >= 0.3 is 5.97 Å². The number of carbonyl (C=O) groups is 1. The molecule has 3 nitrogen and oxygen atoms in total. The normalized spacial score (nSPS) is 12.0. The number of hydrogen-bond donors (Lipinski definition) is 1. The van der Waals surface area contributed by atoms with Gasteiger partial charge in [-0.25, -0.2) is 0 Å². The molecule has 4 heteroatoms. The maximum absolute atomic E-state index is 10.7. The van der Waals surface area contributed by atoms with E-state index < -0.39 is 5.97 Å². The Labute approximate surface area is 94.3 Å². The van der Waals surface area contributed by atoms with Gasteiger partial charge in [-0.05, 0) is 43.2 Å². The van der Waals surface area contributed by atoms with Crippen LogP contribution in [0.5, 0.6) is 0 Å². The molecule has 15 heavy (non-hydrogen) atoms. The molecule has 0 unspecified atom stereocenters. The lowest BCUT2D eigenvalue weighted by Gasteiger charge is -2.34. The summed E-state index contributed by atoms with van der Waals surface area (Å²) in [7, 11) is 0. The van der Waals surface area contributed by atoms with E-state index in [1.165, 1.54) is 5.56 Å². The van der Waals surface area contributed by atoms with Crippen LogP contribution < -0.4 is 0 Å². The summed E-state index contributed by atoms with van der Waals surface area (Å²) in [4.78, 5) is 12.7. The van der Waals surface area contributed by atoms with E-state index in [9.17, 15) is 4.79 Å². The number of thiophene rings is 1. The molecular formula is C11H17NO2S. The molecule has 1 heterocycles. The lowest BCUT2D eigenvalue weighted by Crippen LogP contribution is -2.43. The lowest BCUT2D eigenvalue weighted by molar-refractivity contribution is -0.139. The third-order valence-electron chi connectivity index (χ3n) is 2.23. The summed E-state index contributed by atoms with van der Waals surface area (Å²) in [5, 5.41) is 12.9. The average Bonchev–Trinajstić information content (AvgIpc) is 2.53. The minimum Gasteiger partial charge on any atom is -0.480 e. The molecule has 0 bridgehead atoms. The van der Waals surface area contributed by atoms with Crippen molar-refractivity contribution in [3.05, 3.63) is 22.4 Å². The van der Waals surface area contributed by atoms with Gasteiger partial charge in [0.1, 0.15) is 0 Å². The first-order valence-corrected chi connectivity index (χ1v) is 5.82. The van der Waals surface area contributed by atoms with Crippen LogP contribution in [0.2, 0.25) is 0 Å². The summed E-state index contributed by atoms with van der Waals surface area (Å²) in [5.41, 5.74) is 1.05. The second-order valence-corrected chi connectivity index (χ2v) is 5.33. The predicted molar refractivity (Wildman–Crippen MR) is 62.1 cm³/mol. The maximum Gasteiger partial charge on any atom is 0.317 e. The van der Waals surface area contributed by atoms with Gasteiger partial charge in [-0.2, -0.15) is 11.3 Å². The van der Waals surface area contributed by atoms with E-state index in [0.717, 1.165) is 0 Å². The van der Waals surface area contributed by atoms with Crippen LogP contribution in [0.15, 0.2) is 16.8 Å². The molecule has 84 valence electrons. The summed E-state index contributed by atoms with van der Waals surface area (Å²) >= 11 is 1.64. The smallest absolute Gasteiger partial charge is 0.317 e. The molecule has 0 radical (unpaired) electrons. The van der Waals surface area contributed by atoms with Crippen molar-refractivity contribution in [2.24, 2.45) is 0 Å². The fraction of sp³-hybridized carbons (Fsp3) is 0.545. The highest BCUT2D eigenvalue weighted by molar-refractivity contribution is 7.07. The quantitative estimate of drug-likeness (QED) is 0.859. The largest absolute Gasteiger partial charge is 0.480 e. The highest BCUT2D eigenvalue weighted by Gasteiger charge is 2.23. The molecule has 0 aliphatic rings. The number of carboxylic acid groups (broad SMARTS) is 1. The molecule has 1 rings (SSSR count). The van der Waals surface area contributed by atoms with Crippen molar-refractivity contribution in [2.75, 3.05) is 6.54 Å². The Morgan fingerprint density at radius 1 is 1.53 bits per heavy atom. The van der Waals surface area contributed by atoms with Crippen molar-refractivity contribution < 1.29 is 9.90 Å². The molecule has 0 aromatic carbocycles. The first-order chi connectivity index (χ1) is 6.89. The molecule has 0 fully saturated rings. The van der Waals surface area contributed by atoms with Crippen molar-refractivity contribution in [2.45, 2.75) is 32.9 Å². The van der Waals surface area contributed by atoms with Crippen molar-refractivity contribution in [1.82, 2.24) is 4.90 Å². The van der Waals surface area contributed by atoms with Gasteiger partial charge in [-0.15, -0.1) is 0 Å². The molecule has 1 aromatic rings. The minimum atomic E-state index is -0.778. The molecule has 0 spiro atoms. The number of nitrogens with zero attached hydrogens (tertiary/aromatic N) is 1. The Bertz CT molecular complexity index is 314. The van der Waals surface area contributed by atoms with Gasteiger partial charge in [-0.3, -0.25) is 9.69 Å². The summed E-state index contributed by atoms with van der Waals surface area (Å²) in [6.07, 6.45) is 0. The van der Waals surface area contributed by atoms with Gasteiger partial charge in [0.25, 0.3) is 0 Å². The molecule has 0 saturated carbocycles. The van der Waals surface area contributed by atoms with Gasteiger partial charge in [-0.1, -0.05) is 0 Å². The van der Waals surface area contributed by atoms with Crippen LogP contribution in [0.25, 0.3) is 0 Å². The topological polar surface area (TPSA) is 40.5 Å². The van der Waals surface area contributed by atoms with Gasteiger partial charge in [0.05, 0.1) is 6.54 Å². The van der Waals surface area contributed by atoms with E-state index in [1.54, 1.807) is 11.3 Å². The second kappa shape index (κ2) is 4.77. The van der Waals surface area contributed by atoms with Crippen LogP contribution >= 0.6 is 11.3 Å². The van der Waals surface area contributed by atoms with Crippen molar-refractivity contribution in [1.29, 1.82) is 0 Å². The average molecular weight is 227 g/mol. The minimum absolute atomic E-state index is 0.0827. The zero-order valence-corrected chi connectivity index (χ0v) is 10.2. The van der Waals surface area contributed by atoms with E-state index in [4.69, 9.17) is 5.11 Å². The molecule has 0 saturated heterocycles. The maximum atomic E-state index is 10.7. The van der Waals surface area contributed by atoms with Crippen LogP contribution in [0, 0.1) is 0 Å². The molecular weight excluding hydrogens is 210 g/mol. The molecule has 0 aliphatic carbocycles. The molecule has 1 aromatic heterocycles. The molecule has 0 atom stereocenters. The van der Waals surface area contributed by atoms with E-state index in [2.05, 4.69) is 5.38 Å². The van der Waals surface area contributed by atoms with Crippen LogP contribution in [0.4, 0.5) is 0 Å². The summed E-state index contributed by atoms with van der Waals surface area (Å²) in [6.45, 7) is 6.87. The first-order valence-electron chi connectivity index (χ1n) is 4.87. The van der Waals surface area contributed by atoms with Gasteiger partial charge < -0.3 is 5.11 Å². The summed E-state index contributed by atoms with van der Waals surface area (Å²) in [6, 6.07) is 2.03. The fourth-order valence-corrected chi connectivity index (χ4v) is 1.96. The van der Waals surface area contributed by atoms with Crippen LogP contribution in [0.3, 0.4) is 0 Å². The fourth-order valence-electron chi connectivity index (χ4n) is 1.30. The Balaban J connectivity index is 2.69. The summed E-state index contributed by atoms with van der Waals surface area (Å²) < 4.78 is 0. The Hall–Kier alpha value is -0.870. The zero-order chi connectivity index (χ0) is 11.5. The standard InChI is InChI=1S/C11H17NO2S/c1-11(2,3)12(7-10(13)14)6-9-4-5-15-8-9/h4-5,8H,6-7H2,1-3H3,(H,13,14). The van der Waals surface area contributed by atoms with Crippen LogP contribution in [0.1, 0.15) is 26.3 Å². The lowest BCUT2D eigenvalue weighted by atomic mass is 10.1. The molecule has 1 N–H and O–H groups in total. The van der Waals surface area contributed by atoms with Crippen LogP contribution in [-0.4, -0.2) is 28.1 Å².